The highest BCUT2D eigenvalue weighted by atomic mass is 16.5. The number of H-pyrrole nitrogens is 1. The fourth-order valence-corrected chi connectivity index (χ4v) is 4.39. The molecule has 0 radical (unpaired) electrons. The summed E-state index contributed by atoms with van der Waals surface area (Å²) in [4.78, 5) is 22.6. The Balaban J connectivity index is 2.15. The van der Waals surface area contributed by atoms with Gasteiger partial charge < -0.3 is 30.6 Å². The first kappa shape index (κ1) is 24.6. The number of ether oxygens (including phenoxy) is 1. The van der Waals surface area contributed by atoms with Crippen LogP contribution in [0.4, 0.5) is 11.5 Å². The number of allylic oxidation sites excluding steroid dienone is 4. The molecule has 178 valence electrons. The standard InChI is InChI=1S/C24H33N5O4/c1-8-10-11-12-23(5,9-2)18-15(4)29-20(31)17(25)19(27-22(29)26-18)28(7)21-24(6,32)14(3)16(13-30)33-21/h2,8,10-12,14,16,21,30,32H,13,25H2,1,3-7H3,(H,26,27)/b10-8-,12-11-. The highest BCUT2D eigenvalue weighted by Gasteiger charge is 2.52. The number of nitrogen functional groups attached to an aromatic ring is 1. The van der Waals surface area contributed by atoms with Crippen molar-refractivity contribution in [2.24, 2.45) is 5.92 Å². The number of aromatic nitrogens is 3. The number of hydrogen-bond acceptors (Lipinski definition) is 7. The van der Waals surface area contributed by atoms with Crippen molar-refractivity contribution in [3.05, 3.63) is 46.0 Å². The van der Waals surface area contributed by atoms with Gasteiger partial charge in [0, 0.05) is 18.7 Å². The molecule has 0 spiro atoms. The number of aliphatic hydroxyl groups excluding tert-OH is 1. The summed E-state index contributed by atoms with van der Waals surface area (Å²) < 4.78 is 7.28. The minimum Gasteiger partial charge on any atom is -0.394 e. The largest absolute Gasteiger partial charge is 0.394 e. The third-order valence-corrected chi connectivity index (χ3v) is 6.73. The number of nitrogens with two attached hydrogens (primary N) is 1. The fourth-order valence-electron chi connectivity index (χ4n) is 4.39. The lowest BCUT2D eigenvalue weighted by Gasteiger charge is -2.34. The molecule has 9 heteroatoms. The summed E-state index contributed by atoms with van der Waals surface area (Å²) in [5.74, 6) is 2.87. The minimum atomic E-state index is -1.31. The van der Waals surface area contributed by atoms with Crippen LogP contribution in [0.3, 0.4) is 0 Å². The Morgan fingerprint density at radius 1 is 1.48 bits per heavy atom. The lowest BCUT2D eigenvalue weighted by molar-refractivity contribution is -0.0456. The van der Waals surface area contributed by atoms with Crippen LogP contribution in [0.1, 0.15) is 39.1 Å². The Labute approximate surface area is 193 Å². The summed E-state index contributed by atoms with van der Waals surface area (Å²) >= 11 is 0. The van der Waals surface area contributed by atoms with Crippen molar-refractivity contribution in [1.29, 1.82) is 0 Å². The number of nitrogens with one attached hydrogen (secondary N) is 1. The molecule has 5 N–H and O–H groups in total. The second kappa shape index (κ2) is 8.71. The topological polar surface area (TPSA) is 129 Å². The number of fused-ring (bicyclic) bond motifs is 1. The molecule has 0 saturated carbocycles. The van der Waals surface area contributed by atoms with Gasteiger partial charge in [-0.15, -0.1) is 6.42 Å². The molecule has 0 bridgehead atoms. The first-order valence-electron chi connectivity index (χ1n) is 10.9. The maximum Gasteiger partial charge on any atom is 0.284 e. The molecule has 2 aromatic heterocycles. The van der Waals surface area contributed by atoms with Gasteiger partial charge >= 0.3 is 0 Å². The number of aryl methyl sites for hydroxylation is 1. The van der Waals surface area contributed by atoms with Crippen molar-refractivity contribution in [1.82, 2.24) is 14.4 Å². The van der Waals surface area contributed by atoms with Crippen LogP contribution >= 0.6 is 0 Å². The van der Waals surface area contributed by atoms with E-state index in [-0.39, 0.29) is 29.8 Å². The van der Waals surface area contributed by atoms with Gasteiger partial charge in [0.1, 0.15) is 11.3 Å². The lowest BCUT2D eigenvalue weighted by atomic mass is 9.86. The number of terminal acetylenes is 1. The van der Waals surface area contributed by atoms with Gasteiger partial charge in [0.25, 0.3) is 5.56 Å². The second-order valence-electron chi connectivity index (χ2n) is 8.97. The monoisotopic (exact) mass is 455 g/mol. The smallest absolute Gasteiger partial charge is 0.284 e. The zero-order valence-corrected chi connectivity index (χ0v) is 20.0. The number of rotatable bonds is 6. The zero-order chi connectivity index (χ0) is 24.7. The Morgan fingerprint density at radius 2 is 2.15 bits per heavy atom. The molecule has 3 rings (SSSR count). The molecule has 1 aliphatic rings. The van der Waals surface area contributed by atoms with Gasteiger partial charge in [0.2, 0.25) is 5.78 Å². The van der Waals surface area contributed by atoms with Gasteiger partial charge in [-0.2, -0.15) is 4.98 Å². The molecule has 33 heavy (non-hydrogen) atoms. The first-order valence-corrected chi connectivity index (χ1v) is 10.9. The second-order valence-corrected chi connectivity index (χ2v) is 8.97. The molecule has 3 heterocycles. The molecule has 2 aromatic rings. The van der Waals surface area contributed by atoms with E-state index in [1.165, 1.54) is 9.30 Å². The van der Waals surface area contributed by atoms with Crippen molar-refractivity contribution in [3.63, 3.8) is 0 Å². The van der Waals surface area contributed by atoms with Crippen molar-refractivity contribution in [2.75, 3.05) is 24.3 Å². The lowest BCUT2D eigenvalue weighted by Crippen LogP contribution is -2.50. The highest BCUT2D eigenvalue weighted by Crippen LogP contribution is 2.39. The van der Waals surface area contributed by atoms with E-state index < -0.39 is 28.9 Å². The molecule has 0 aliphatic carbocycles. The zero-order valence-electron chi connectivity index (χ0n) is 20.0. The quantitative estimate of drug-likeness (QED) is 0.383. The van der Waals surface area contributed by atoms with E-state index in [0.29, 0.717) is 11.4 Å². The van der Waals surface area contributed by atoms with E-state index in [1.807, 2.05) is 38.2 Å². The van der Waals surface area contributed by atoms with Gasteiger partial charge in [-0.05, 0) is 27.7 Å². The number of imidazole rings is 1. The summed E-state index contributed by atoms with van der Waals surface area (Å²) in [5.41, 5.74) is 4.81. The maximum absolute atomic E-state index is 13.3. The predicted molar refractivity (Wildman–Crippen MR) is 129 cm³/mol. The Morgan fingerprint density at radius 3 is 2.70 bits per heavy atom. The molecule has 1 aliphatic heterocycles. The number of hydrogen-bond donors (Lipinski definition) is 4. The van der Waals surface area contributed by atoms with Crippen LogP contribution in [0.2, 0.25) is 0 Å². The number of anilines is 2. The molecule has 1 fully saturated rings. The third-order valence-electron chi connectivity index (χ3n) is 6.73. The van der Waals surface area contributed by atoms with Crippen LogP contribution in [-0.4, -0.2) is 56.2 Å². The molecular formula is C24H33N5O4. The van der Waals surface area contributed by atoms with Crippen LogP contribution in [0, 0.1) is 25.2 Å². The van der Waals surface area contributed by atoms with Gasteiger partial charge in [0.05, 0.1) is 23.8 Å². The summed E-state index contributed by atoms with van der Waals surface area (Å²) in [7, 11) is 1.64. The SMILES string of the molecule is C#CC(C)(/C=C\C=C/C)c1[nH]c2nc(N(C)C3OC(CO)C(C)C3(C)O)c(N)c(=O)n2c1C. The summed E-state index contributed by atoms with van der Waals surface area (Å²) in [6.45, 7) is 8.74. The normalized spacial score (nSPS) is 27.4. The van der Waals surface area contributed by atoms with Crippen LogP contribution in [0.5, 0.6) is 0 Å². The maximum atomic E-state index is 13.3. The van der Waals surface area contributed by atoms with Gasteiger partial charge in [0.15, 0.2) is 12.0 Å². The summed E-state index contributed by atoms with van der Waals surface area (Å²) in [6.07, 6.45) is 11.9. The van der Waals surface area contributed by atoms with Crippen LogP contribution < -0.4 is 16.2 Å². The highest BCUT2D eigenvalue weighted by molar-refractivity contribution is 5.65. The molecule has 9 nitrogen and oxygen atoms in total. The first-order chi connectivity index (χ1) is 15.4. The fraction of sp³-hybridized carbons (Fsp3) is 0.500. The van der Waals surface area contributed by atoms with E-state index >= 15 is 0 Å². The van der Waals surface area contributed by atoms with E-state index in [9.17, 15) is 15.0 Å². The molecule has 5 atom stereocenters. The van der Waals surface area contributed by atoms with Crippen LogP contribution in [-0.2, 0) is 10.2 Å². The van der Waals surface area contributed by atoms with E-state index in [4.69, 9.17) is 16.9 Å². The average molecular weight is 456 g/mol. The van der Waals surface area contributed by atoms with E-state index in [2.05, 4.69) is 15.9 Å². The Hall–Kier alpha value is -3.06. The third kappa shape index (κ3) is 3.84. The Kier molecular flexibility index (Phi) is 6.48. The minimum absolute atomic E-state index is 0.0879. The number of aliphatic hydroxyl groups is 2. The molecular weight excluding hydrogens is 422 g/mol. The summed E-state index contributed by atoms with van der Waals surface area (Å²) in [6, 6.07) is 0. The molecule has 0 amide bonds. The Bertz CT molecular complexity index is 1200. The van der Waals surface area contributed by atoms with Gasteiger partial charge in [-0.1, -0.05) is 37.1 Å². The number of likely N-dealkylation sites (N-methyl/N-ethyl adjacent to an activating group) is 1. The van der Waals surface area contributed by atoms with Gasteiger partial charge in [-0.3, -0.25) is 4.79 Å². The van der Waals surface area contributed by atoms with Crippen LogP contribution in [0.15, 0.2) is 29.1 Å². The van der Waals surface area contributed by atoms with Crippen molar-refractivity contribution in [3.8, 4) is 12.3 Å². The predicted octanol–water partition coefficient (Wildman–Crippen LogP) is 1.48. The van der Waals surface area contributed by atoms with E-state index in [0.717, 1.165) is 0 Å². The van der Waals surface area contributed by atoms with Crippen molar-refractivity contribution in [2.45, 2.75) is 58.0 Å². The molecule has 0 aromatic carbocycles. The summed E-state index contributed by atoms with van der Waals surface area (Å²) in [5, 5.41) is 20.7. The number of nitrogens with zero attached hydrogens (tertiary/aromatic N) is 3. The van der Waals surface area contributed by atoms with Gasteiger partial charge in [-0.25, -0.2) is 4.40 Å². The van der Waals surface area contributed by atoms with E-state index in [1.54, 1.807) is 27.8 Å². The van der Waals surface area contributed by atoms with Crippen molar-refractivity contribution < 1.29 is 14.9 Å². The molecule has 1 saturated heterocycles. The molecule has 5 unspecified atom stereocenters. The number of aromatic amines is 1. The average Bonchev–Trinajstić information content (AvgIpc) is 3.24. The van der Waals surface area contributed by atoms with Crippen molar-refractivity contribution >= 4 is 17.3 Å². The van der Waals surface area contributed by atoms with Crippen LogP contribution in [0.25, 0.3) is 5.78 Å².